The molecule has 0 bridgehead atoms. The molecule has 1 rings (SSSR count). The van der Waals surface area contributed by atoms with Crippen LogP contribution < -0.4 is 34.3 Å². The van der Waals surface area contributed by atoms with Gasteiger partial charge in [-0.3, -0.25) is 4.72 Å². The number of aromatic nitrogens is 1. The molecule has 56 valence electrons. The summed E-state index contributed by atoms with van der Waals surface area (Å²) in [5.41, 5.74) is 0. The Hall–Kier alpha value is 0.340. The van der Waals surface area contributed by atoms with E-state index in [2.05, 4.69) is 4.98 Å². The van der Waals surface area contributed by atoms with Gasteiger partial charge in [0.05, 0.1) is 0 Å². The SMILES string of the molecule is O=S(=O)([O-])Nc1nccs1.[Na+]. The topological polar surface area (TPSA) is 82.1 Å². The zero-order chi connectivity index (χ0) is 7.61. The van der Waals surface area contributed by atoms with Crippen LogP contribution in [0, 0.1) is 0 Å². The molecule has 0 radical (unpaired) electrons. The van der Waals surface area contributed by atoms with Gasteiger partial charge in [0, 0.05) is 11.6 Å². The molecule has 8 heteroatoms. The number of nitrogens with zero attached hydrogens (tertiary/aromatic N) is 1. The second kappa shape index (κ2) is 4.39. The second-order valence-electron chi connectivity index (χ2n) is 1.39. The Balaban J connectivity index is 0.000001000. The van der Waals surface area contributed by atoms with E-state index in [1.807, 2.05) is 0 Å². The summed E-state index contributed by atoms with van der Waals surface area (Å²) in [7, 11) is -4.40. The monoisotopic (exact) mass is 202 g/mol. The molecule has 0 saturated heterocycles. The zero-order valence-corrected chi connectivity index (χ0v) is 9.28. The summed E-state index contributed by atoms with van der Waals surface area (Å²) in [6.07, 6.45) is 1.40. The molecule has 0 aliphatic rings. The van der Waals surface area contributed by atoms with Crippen LogP contribution in [0.4, 0.5) is 5.13 Å². The Morgan fingerprint density at radius 1 is 1.64 bits per heavy atom. The molecule has 11 heavy (non-hydrogen) atoms. The van der Waals surface area contributed by atoms with Crippen LogP contribution in [0.25, 0.3) is 0 Å². The Labute approximate surface area is 90.0 Å². The molecule has 1 aromatic rings. The van der Waals surface area contributed by atoms with Gasteiger partial charge in [0.15, 0.2) is 15.4 Å². The smallest absolute Gasteiger partial charge is 0.731 e. The summed E-state index contributed by atoms with van der Waals surface area (Å²) in [4.78, 5) is 3.53. The Morgan fingerprint density at radius 2 is 2.27 bits per heavy atom. The Bertz CT molecular complexity index is 294. The van der Waals surface area contributed by atoms with E-state index in [0.717, 1.165) is 11.3 Å². The summed E-state index contributed by atoms with van der Waals surface area (Å²) in [6.45, 7) is 0. The minimum atomic E-state index is -4.40. The minimum absolute atomic E-state index is 0. The van der Waals surface area contributed by atoms with Gasteiger partial charge in [-0.05, 0) is 0 Å². The van der Waals surface area contributed by atoms with Crippen LogP contribution >= 0.6 is 11.3 Å². The van der Waals surface area contributed by atoms with E-state index in [1.165, 1.54) is 6.20 Å². The molecule has 0 fully saturated rings. The molecule has 0 amide bonds. The van der Waals surface area contributed by atoms with Gasteiger partial charge in [0.25, 0.3) is 0 Å². The maximum Gasteiger partial charge on any atom is 1.00 e. The third-order valence-electron chi connectivity index (χ3n) is 0.645. The van der Waals surface area contributed by atoms with E-state index in [-0.39, 0.29) is 34.7 Å². The van der Waals surface area contributed by atoms with Crippen LogP contribution in [0.5, 0.6) is 0 Å². The van der Waals surface area contributed by atoms with E-state index < -0.39 is 10.3 Å². The Kier molecular flexibility index (Phi) is 4.52. The number of anilines is 1. The first-order valence-corrected chi connectivity index (χ1v) is 4.50. The third-order valence-corrected chi connectivity index (χ3v) is 1.91. The van der Waals surface area contributed by atoms with Crippen LogP contribution in [0.3, 0.4) is 0 Å². The van der Waals surface area contributed by atoms with E-state index in [1.54, 1.807) is 10.1 Å². The van der Waals surface area contributed by atoms with Crippen molar-refractivity contribution >= 4 is 26.8 Å². The molecule has 5 nitrogen and oxygen atoms in total. The normalized spacial score (nSPS) is 10.3. The zero-order valence-electron chi connectivity index (χ0n) is 5.64. The summed E-state index contributed by atoms with van der Waals surface area (Å²) >= 11 is 1.05. The van der Waals surface area contributed by atoms with Gasteiger partial charge in [-0.1, -0.05) is 0 Å². The van der Waals surface area contributed by atoms with Gasteiger partial charge in [-0.25, -0.2) is 13.4 Å². The van der Waals surface area contributed by atoms with Crippen molar-refractivity contribution in [3.63, 3.8) is 0 Å². The van der Waals surface area contributed by atoms with Crippen molar-refractivity contribution in [3.8, 4) is 0 Å². The van der Waals surface area contributed by atoms with Crippen LogP contribution in [-0.2, 0) is 10.3 Å². The third kappa shape index (κ3) is 4.72. The average Bonchev–Trinajstić information content (AvgIpc) is 2.12. The first-order valence-electron chi connectivity index (χ1n) is 2.21. The summed E-state index contributed by atoms with van der Waals surface area (Å²) in [6, 6.07) is 0. The number of thiazole rings is 1. The van der Waals surface area contributed by atoms with Crippen molar-refractivity contribution in [1.29, 1.82) is 0 Å². The van der Waals surface area contributed by atoms with Crippen molar-refractivity contribution in [2.45, 2.75) is 0 Å². The van der Waals surface area contributed by atoms with Crippen LogP contribution in [0.15, 0.2) is 11.6 Å². The maximum atomic E-state index is 10.00. The van der Waals surface area contributed by atoms with Crippen molar-refractivity contribution < 1.29 is 42.5 Å². The molecule has 0 unspecified atom stereocenters. The molecule has 1 heterocycles. The number of hydrogen-bond donors (Lipinski definition) is 1. The molecule has 0 spiro atoms. The van der Waals surface area contributed by atoms with Gasteiger partial charge >= 0.3 is 29.6 Å². The van der Waals surface area contributed by atoms with E-state index in [4.69, 9.17) is 0 Å². The number of rotatable bonds is 2. The molecule has 0 aliphatic heterocycles. The van der Waals surface area contributed by atoms with Gasteiger partial charge in [0.1, 0.15) is 0 Å². The molecular weight excluding hydrogens is 199 g/mol. The maximum absolute atomic E-state index is 10.00. The number of nitrogens with one attached hydrogen (secondary N) is 1. The molecule has 0 saturated carbocycles. The second-order valence-corrected chi connectivity index (χ2v) is 3.40. The first kappa shape index (κ1) is 11.3. The first-order chi connectivity index (χ1) is 4.58. The minimum Gasteiger partial charge on any atom is -0.731 e. The van der Waals surface area contributed by atoms with E-state index in [0.29, 0.717) is 0 Å². The fourth-order valence-electron chi connectivity index (χ4n) is 0.381. The quantitative estimate of drug-likeness (QED) is 0.410. The van der Waals surface area contributed by atoms with Gasteiger partial charge in [-0.2, -0.15) is 0 Å². The van der Waals surface area contributed by atoms with Crippen molar-refractivity contribution in [2.75, 3.05) is 4.72 Å². The van der Waals surface area contributed by atoms with Crippen LogP contribution in [-0.4, -0.2) is 18.0 Å². The summed E-state index contributed by atoms with van der Waals surface area (Å²) in [5.74, 6) is 0. The predicted molar refractivity (Wildman–Crippen MR) is 35.4 cm³/mol. The van der Waals surface area contributed by atoms with Crippen LogP contribution in [0.2, 0.25) is 0 Å². The van der Waals surface area contributed by atoms with Crippen LogP contribution in [0.1, 0.15) is 0 Å². The number of hydrogen-bond acceptors (Lipinski definition) is 5. The average molecular weight is 202 g/mol. The largest absolute Gasteiger partial charge is 1.00 e. The van der Waals surface area contributed by atoms with Crippen molar-refractivity contribution in [2.24, 2.45) is 0 Å². The fourth-order valence-corrected chi connectivity index (χ4v) is 1.52. The Morgan fingerprint density at radius 3 is 2.64 bits per heavy atom. The molecular formula is C3H3N2NaO3S2. The molecule has 0 aliphatic carbocycles. The van der Waals surface area contributed by atoms with E-state index in [9.17, 15) is 13.0 Å². The van der Waals surface area contributed by atoms with Gasteiger partial charge in [0.2, 0.25) is 0 Å². The standard InChI is InChI=1S/C3H4N2O3S2.Na/c6-10(7,8)5-3-4-1-2-9-3;/h1-2H,(H,4,5)(H,6,7,8);/q;+1/p-1. The van der Waals surface area contributed by atoms with Gasteiger partial charge in [-0.15, -0.1) is 11.3 Å². The molecule has 1 N–H and O–H groups in total. The molecule has 0 atom stereocenters. The molecule has 0 aromatic carbocycles. The fraction of sp³-hybridized carbons (Fsp3) is 0. The molecule has 1 aromatic heterocycles. The van der Waals surface area contributed by atoms with Crippen molar-refractivity contribution in [3.05, 3.63) is 11.6 Å². The summed E-state index contributed by atoms with van der Waals surface area (Å²) in [5, 5.41) is 1.66. The predicted octanol–water partition coefficient (Wildman–Crippen LogP) is -2.98. The summed E-state index contributed by atoms with van der Waals surface area (Å²) < 4.78 is 31.7. The van der Waals surface area contributed by atoms with Gasteiger partial charge < -0.3 is 4.55 Å². The van der Waals surface area contributed by atoms with E-state index >= 15 is 0 Å². The van der Waals surface area contributed by atoms with Crippen molar-refractivity contribution in [1.82, 2.24) is 4.98 Å².